The summed E-state index contributed by atoms with van der Waals surface area (Å²) in [6, 6.07) is 9.84. The fourth-order valence-electron chi connectivity index (χ4n) is 1.70. The van der Waals surface area contributed by atoms with E-state index < -0.39 is 0 Å². The molecule has 1 aromatic carbocycles. The van der Waals surface area contributed by atoms with Crippen LogP contribution in [0.1, 0.15) is 5.56 Å². The third-order valence-corrected chi connectivity index (χ3v) is 3.37. The van der Waals surface area contributed by atoms with Gasteiger partial charge in [0.15, 0.2) is 0 Å². The summed E-state index contributed by atoms with van der Waals surface area (Å²) in [7, 11) is 1.67. The first-order valence-corrected chi connectivity index (χ1v) is 7.04. The molecule has 0 bridgehead atoms. The molecule has 0 atom stereocenters. The topological polar surface area (TPSA) is 34.1 Å². The lowest BCUT2D eigenvalue weighted by Gasteiger charge is -2.08. The molecule has 0 radical (unpaired) electrons. The van der Waals surface area contributed by atoms with E-state index in [-0.39, 0.29) is 0 Å². The first-order valence-electron chi connectivity index (χ1n) is 5.87. The van der Waals surface area contributed by atoms with E-state index in [0.29, 0.717) is 10.8 Å². The third kappa shape index (κ3) is 4.11. The Morgan fingerprint density at radius 3 is 2.95 bits per heavy atom. The Labute approximate surface area is 126 Å². The maximum absolute atomic E-state index is 6.08. The number of nitrogens with one attached hydrogen (secondary N) is 1. The van der Waals surface area contributed by atoms with Crippen LogP contribution >= 0.6 is 27.5 Å². The first kappa shape index (κ1) is 14.2. The summed E-state index contributed by atoms with van der Waals surface area (Å²) in [6.07, 6.45) is 2.60. The van der Waals surface area contributed by atoms with Crippen LogP contribution < -0.4 is 10.1 Å². The maximum atomic E-state index is 6.08. The fourth-order valence-corrected chi connectivity index (χ4v) is 2.39. The Morgan fingerprint density at radius 2 is 2.21 bits per heavy atom. The van der Waals surface area contributed by atoms with Gasteiger partial charge in [-0.15, -0.1) is 0 Å². The minimum absolute atomic E-state index is 0.611. The highest BCUT2D eigenvalue weighted by molar-refractivity contribution is 9.10. The van der Waals surface area contributed by atoms with Crippen molar-refractivity contribution in [1.29, 1.82) is 0 Å². The van der Waals surface area contributed by atoms with E-state index in [4.69, 9.17) is 16.3 Å². The quantitative estimate of drug-likeness (QED) is 0.886. The molecule has 0 fully saturated rings. The number of methoxy groups -OCH3 is 1. The van der Waals surface area contributed by atoms with Crippen molar-refractivity contribution in [1.82, 2.24) is 4.98 Å². The minimum Gasteiger partial charge on any atom is -0.497 e. The van der Waals surface area contributed by atoms with Crippen LogP contribution in [0.4, 0.5) is 5.82 Å². The normalized spacial score (nSPS) is 10.3. The van der Waals surface area contributed by atoms with E-state index >= 15 is 0 Å². The van der Waals surface area contributed by atoms with Gasteiger partial charge in [-0.25, -0.2) is 4.98 Å². The number of halogens is 2. The number of anilines is 1. The van der Waals surface area contributed by atoms with Gasteiger partial charge in [-0.3, -0.25) is 0 Å². The molecule has 19 heavy (non-hydrogen) atoms. The highest BCUT2D eigenvalue weighted by Gasteiger charge is 2.02. The van der Waals surface area contributed by atoms with E-state index in [1.165, 1.54) is 5.56 Å². The van der Waals surface area contributed by atoms with Gasteiger partial charge < -0.3 is 10.1 Å². The van der Waals surface area contributed by atoms with E-state index in [1.54, 1.807) is 13.3 Å². The monoisotopic (exact) mass is 340 g/mol. The van der Waals surface area contributed by atoms with Crippen molar-refractivity contribution in [3.63, 3.8) is 0 Å². The molecule has 0 saturated heterocycles. The highest BCUT2D eigenvalue weighted by Crippen LogP contribution is 2.22. The number of aromatic nitrogens is 1. The fraction of sp³-hybridized carbons (Fsp3) is 0.214. The number of benzene rings is 1. The van der Waals surface area contributed by atoms with Crippen LogP contribution in [0, 0.1) is 0 Å². The van der Waals surface area contributed by atoms with Gasteiger partial charge in [-0.2, -0.15) is 0 Å². The predicted molar refractivity (Wildman–Crippen MR) is 82.1 cm³/mol. The van der Waals surface area contributed by atoms with E-state index in [0.717, 1.165) is 23.2 Å². The standard InChI is InChI=1S/C14H14BrClN2O/c1-19-12-4-2-3-10(7-12)5-6-17-14-13(16)8-11(15)9-18-14/h2-4,7-9H,5-6H2,1H3,(H,17,18). The van der Waals surface area contributed by atoms with E-state index in [1.807, 2.05) is 24.3 Å². The zero-order valence-electron chi connectivity index (χ0n) is 10.5. The molecular weight excluding hydrogens is 328 g/mol. The van der Waals surface area contributed by atoms with E-state index in [2.05, 4.69) is 32.3 Å². The molecule has 0 unspecified atom stereocenters. The maximum Gasteiger partial charge on any atom is 0.144 e. The lowest BCUT2D eigenvalue weighted by Crippen LogP contribution is -2.06. The average Bonchev–Trinajstić information content (AvgIpc) is 2.41. The molecule has 0 saturated carbocycles. The molecule has 1 heterocycles. The zero-order chi connectivity index (χ0) is 13.7. The number of rotatable bonds is 5. The Morgan fingerprint density at radius 1 is 1.37 bits per heavy atom. The summed E-state index contributed by atoms with van der Waals surface area (Å²) in [5.41, 5.74) is 1.21. The Kier molecular flexibility index (Phi) is 5.05. The van der Waals surface area contributed by atoms with Crippen molar-refractivity contribution < 1.29 is 4.74 Å². The summed E-state index contributed by atoms with van der Waals surface area (Å²) in [5.74, 6) is 1.57. The molecule has 0 spiro atoms. The predicted octanol–water partition coefficient (Wildman–Crippen LogP) is 4.16. The molecule has 100 valence electrons. The van der Waals surface area contributed by atoms with Gasteiger partial charge in [0.05, 0.1) is 12.1 Å². The Hall–Kier alpha value is -1.26. The molecule has 0 aliphatic rings. The molecular formula is C14H14BrClN2O. The van der Waals surface area contributed by atoms with Gasteiger partial charge in [-0.1, -0.05) is 23.7 Å². The van der Waals surface area contributed by atoms with Crippen molar-refractivity contribution >= 4 is 33.3 Å². The van der Waals surface area contributed by atoms with Gasteiger partial charge in [0, 0.05) is 17.2 Å². The van der Waals surface area contributed by atoms with Gasteiger partial charge in [0.2, 0.25) is 0 Å². The number of hydrogen-bond acceptors (Lipinski definition) is 3. The van der Waals surface area contributed by atoms with Crippen LogP contribution in [0.2, 0.25) is 5.02 Å². The van der Waals surface area contributed by atoms with Crippen molar-refractivity contribution in [2.75, 3.05) is 19.0 Å². The van der Waals surface area contributed by atoms with Crippen LogP contribution in [-0.4, -0.2) is 18.6 Å². The summed E-state index contributed by atoms with van der Waals surface area (Å²) in [6.45, 7) is 0.765. The molecule has 3 nitrogen and oxygen atoms in total. The second-order valence-electron chi connectivity index (χ2n) is 4.01. The zero-order valence-corrected chi connectivity index (χ0v) is 12.8. The molecule has 2 rings (SSSR count). The van der Waals surface area contributed by atoms with Crippen LogP contribution in [0.5, 0.6) is 5.75 Å². The van der Waals surface area contributed by atoms with Crippen LogP contribution in [0.3, 0.4) is 0 Å². The summed E-state index contributed by atoms with van der Waals surface area (Å²) < 4.78 is 6.06. The third-order valence-electron chi connectivity index (χ3n) is 2.65. The van der Waals surface area contributed by atoms with Gasteiger partial charge in [0.1, 0.15) is 11.6 Å². The molecule has 5 heteroatoms. The lowest BCUT2D eigenvalue weighted by atomic mass is 10.1. The molecule has 0 aliphatic carbocycles. The number of pyridine rings is 1. The van der Waals surface area contributed by atoms with Crippen molar-refractivity contribution in [3.05, 3.63) is 51.6 Å². The average molecular weight is 342 g/mol. The largest absolute Gasteiger partial charge is 0.497 e. The number of nitrogens with zero attached hydrogens (tertiary/aromatic N) is 1. The van der Waals surface area contributed by atoms with Crippen molar-refractivity contribution in [2.45, 2.75) is 6.42 Å². The molecule has 1 aromatic heterocycles. The second kappa shape index (κ2) is 6.78. The Bertz CT molecular complexity index is 563. The van der Waals surface area contributed by atoms with Gasteiger partial charge in [-0.05, 0) is 46.1 Å². The molecule has 1 N–H and O–H groups in total. The smallest absolute Gasteiger partial charge is 0.144 e. The van der Waals surface area contributed by atoms with Gasteiger partial charge in [0.25, 0.3) is 0 Å². The lowest BCUT2D eigenvalue weighted by molar-refractivity contribution is 0.414. The minimum atomic E-state index is 0.611. The van der Waals surface area contributed by atoms with Crippen molar-refractivity contribution in [3.8, 4) is 5.75 Å². The summed E-state index contributed by atoms with van der Waals surface area (Å²) in [4.78, 5) is 4.23. The number of hydrogen-bond donors (Lipinski definition) is 1. The van der Waals surface area contributed by atoms with Crippen LogP contribution in [-0.2, 0) is 6.42 Å². The summed E-state index contributed by atoms with van der Waals surface area (Å²) in [5, 5.41) is 3.83. The first-order chi connectivity index (χ1) is 9.19. The molecule has 0 aliphatic heterocycles. The Balaban J connectivity index is 1.92. The second-order valence-corrected chi connectivity index (χ2v) is 5.34. The van der Waals surface area contributed by atoms with Gasteiger partial charge >= 0.3 is 0 Å². The molecule has 2 aromatic rings. The highest BCUT2D eigenvalue weighted by atomic mass is 79.9. The van der Waals surface area contributed by atoms with Crippen LogP contribution in [0.25, 0.3) is 0 Å². The molecule has 0 amide bonds. The SMILES string of the molecule is COc1cccc(CCNc2ncc(Br)cc2Cl)c1. The van der Waals surface area contributed by atoms with Crippen LogP contribution in [0.15, 0.2) is 41.0 Å². The van der Waals surface area contributed by atoms with Crippen molar-refractivity contribution in [2.24, 2.45) is 0 Å². The number of ether oxygens (including phenoxy) is 1. The summed E-state index contributed by atoms with van der Waals surface area (Å²) >= 11 is 9.41. The van der Waals surface area contributed by atoms with E-state index in [9.17, 15) is 0 Å².